The molecule has 1 aromatic heterocycles. The summed E-state index contributed by atoms with van der Waals surface area (Å²) in [6.45, 7) is 4.69. The molecule has 0 radical (unpaired) electrons. The third-order valence-corrected chi connectivity index (χ3v) is 6.63. The van der Waals surface area contributed by atoms with Gasteiger partial charge in [0.25, 0.3) is 5.91 Å². The lowest BCUT2D eigenvalue weighted by atomic mass is 9.91. The molecule has 1 aliphatic heterocycles. The Labute approximate surface area is 235 Å². The van der Waals surface area contributed by atoms with Gasteiger partial charge in [0.15, 0.2) is 0 Å². The SMILES string of the molecule is CCCOC.Nc1ccc(Cl)cc1C1=CC(c2ccc(C(=O)N(N)CCCn3ccnc3)cc2)N(C=O)CC1. The van der Waals surface area contributed by atoms with E-state index in [-0.39, 0.29) is 11.9 Å². The highest BCUT2D eigenvalue weighted by Gasteiger charge is 2.24. The summed E-state index contributed by atoms with van der Waals surface area (Å²) in [5, 5.41) is 1.84. The maximum Gasteiger partial charge on any atom is 0.267 e. The van der Waals surface area contributed by atoms with E-state index >= 15 is 0 Å². The molecule has 2 heterocycles. The molecule has 0 aliphatic carbocycles. The largest absolute Gasteiger partial charge is 0.398 e. The Balaban J connectivity index is 0.000000771. The van der Waals surface area contributed by atoms with Gasteiger partial charge < -0.3 is 19.9 Å². The number of imidazole rings is 1. The summed E-state index contributed by atoms with van der Waals surface area (Å²) in [6, 6.07) is 12.3. The minimum atomic E-state index is -0.270. The molecule has 39 heavy (non-hydrogen) atoms. The zero-order chi connectivity index (χ0) is 28.2. The first kappa shape index (κ1) is 29.9. The number of nitrogens with two attached hydrogens (primary N) is 2. The summed E-state index contributed by atoms with van der Waals surface area (Å²) < 4.78 is 6.63. The average Bonchev–Trinajstić information content (AvgIpc) is 3.48. The Hall–Kier alpha value is -3.66. The van der Waals surface area contributed by atoms with Crippen molar-refractivity contribution in [2.24, 2.45) is 5.84 Å². The highest BCUT2D eigenvalue weighted by molar-refractivity contribution is 6.30. The van der Waals surface area contributed by atoms with Gasteiger partial charge in [-0.05, 0) is 60.7 Å². The molecule has 1 unspecified atom stereocenters. The fourth-order valence-corrected chi connectivity index (χ4v) is 4.50. The lowest BCUT2D eigenvalue weighted by molar-refractivity contribution is -0.119. The van der Waals surface area contributed by atoms with E-state index in [4.69, 9.17) is 27.9 Å². The van der Waals surface area contributed by atoms with Crippen LogP contribution in [0.25, 0.3) is 5.57 Å². The Morgan fingerprint density at radius 1 is 1.26 bits per heavy atom. The van der Waals surface area contributed by atoms with Crippen LogP contribution in [0, 0.1) is 0 Å². The molecular weight excluding hydrogens is 516 g/mol. The molecule has 4 N–H and O–H groups in total. The number of methoxy groups -OCH3 is 1. The summed E-state index contributed by atoms with van der Waals surface area (Å²) in [6.07, 6.45) is 10.7. The van der Waals surface area contributed by atoms with Crippen LogP contribution in [0.15, 0.2) is 67.3 Å². The maximum absolute atomic E-state index is 12.7. The van der Waals surface area contributed by atoms with Gasteiger partial charge in [-0.2, -0.15) is 0 Å². The lowest BCUT2D eigenvalue weighted by Crippen LogP contribution is -2.38. The molecule has 1 aliphatic rings. The number of ether oxygens (including phenoxy) is 1. The molecule has 0 spiro atoms. The van der Waals surface area contributed by atoms with Crippen molar-refractivity contribution in [2.45, 2.75) is 38.8 Å². The second-order valence-electron chi connectivity index (χ2n) is 9.23. The molecule has 9 nitrogen and oxygen atoms in total. The Bertz CT molecular complexity index is 1230. The van der Waals surface area contributed by atoms with Crippen molar-refractivity contribution >= 4 is 35.2 Å². The number of halogens is 1. The highest BCUT2D eigenvalue weighted by Crippen LogP contribution is 2.35. The zero-order valence-corrected chi connectivity index (χ0v) is 23.3. The average molecular weight is 553 g/mol. The highest BCUT2D eigenvalue weighted by atomic mass is 35.5. The van der Waals surface area contributed by atoms with E-state index in [1.165, 1.54) is 5.01 Å². The monoisotopic (exact) mass is 552 g/mol. The molecule has 10 heteroatoms. The number of amides is 2. The number of carbonyl (C=O) groups is 2. The summed E-state index contributed by atoms with van der Waals surface area (Å²) in [5.41, 5.74) is 10.1. The van der Waals surface area contributed by atoms with Gasteiger partial charge in [-0.25, -0.2) is 10.8 Å². The maximum atomic E-state index is 12.7. The number of hydrogen-bond donors (Lipinski definition) is 2. The number of aryl methyl sites for hydroxylation is 1. The van der Waals surface area contributed by atoms with Gasteiger partial charge in [0, 0.05) is 67.6 Å². The van der Waals surface area contributed by atoms with Crippen molar-refractivity contribution in [3.05, 3.63) is 89.0 Å². The van der Waals surface area contributed by atoms with Crippen LogP contribution in [0.1, 0.15) is 53.7 Å². The topological polar surface area (TPSA) is 120 Å². The smallest absolute Gasteiger partial charge is 0.267 e. The number of anilines is 1. The number of rotatable bonds is 10. The van der Waals surface area contributed by atoms with E-state index in [9.17, 15) is 9.59 Å². The molecule has 1 atom stereocenters. The first-order valence-electron chi connectivity index (χ1n) is 13.0. The quantitative estimate of drug-likeness (QED) is 0.125. The summed E-state index contributed by atoms with van der Waals surface area (Å²) >= 11 is 6.18. The normalized spacial score (nSPS) is 14.7. The number of nitrogens with zero attached hydrogens (tertiary/aromatic N) is 4. The molecule has 2 amide bonds. The molecule has 0 saturated carbocycles. The van der Waals surface area contributed by atoms with Crippen LogP contribution in [0.2, 0.25) is 5.02 Å². The minimum absolute atomic E-state index is 0.254. The zero-order valence-electron chi connectivity index (χ0n) is 22.5. The minimum Gasteiger partial charge on any atom is -0.398 e. The summed E-state index contributed by atoms with van der Waals surface area (Å²) in [4.78, 5) is 30.2. The van der Waals surface area contributed by atoms with Crippen LogP contribution in [0.3, 0.4) is 0 Å². The number of benzene rings is 2. The van der Waals surface area contributed by atoms with E-state index in [1.807, 2.05) is 35.0 Å². The van der Waals surface area contributed by atoms with Gasteiger partial charge >= 0.3 is 0 Å². The van der Waals surface area contributed by atoms with Gasteiger partial charge in [0.05, 0.1) is 12.4 Å². The molecule has 0 bridgehead atoms. The van der Waals surface area contributed by atoms with Crippen molar-refractivity contribution in [3.63, 3.8) is 0 Å². The molecule has 4 rings (SSSR count). The van der Waals surface area contributed by atoms with Crippen molar-refractivity contribution in [1.82, 2.24) is 19.5 Å². The second kappa shape index (κ2) is 15.1. The molecular formula is C29H37ClN6O3. The van der Waals surface area contributed by atoms with E-state index in [2.05, 4.69) is 11.9 Å². The standard InChI is InChI=1S/C25H27ClN6O2.C4H10O/c26-21-6-7-23(27)22(15-21)20-8-12-31(17-33)24(14-20)18-2-4-19(5-3-18)25(34)32(28)11-1-10-30-13-9-29-16-30;1-3-4-5-2/h2-7,9,13-17,24H,1,8,10-12,27-28H2;3-4H2,1-2H3. The number of hydrogen-bond acceptors (Lipinski definition) is 6. The Kier molecular flexibility index (Phi) is 11.5. The van der Waals surface area contributed by atoms with Gasteiger partial charge in [-0.15, -0.1) is 0 Å². The third kappa shape index (κ3) is 8.41. The Morgan fingerprint density at radius 2 is 2.03 bits per heavy atom. The number of carbonyl (C=O) groups excluding carboxylic acids is 2. The number of nitrogen functional groups attached to an aromatic ring is 1. The van der Waals surface area contributed by atoms with E-state index in [0.29, 0.717) is 42.2 Å². The van der Waals surface area contributed by atoms with Crippen LogP contribution < -0.4 is 11.6 Å². The Morgan fingerprint density at radius 3 is 2.64 bits per heavy atom. The second-order valence-corrected chi connectivity index (χ2v) is 9.67. The van der Waals surface area contributed by atoms with Crippen LogP contribution in [0.5, 0.6) is 0 Å². The fourth-order valence-electron chi connectivity index (χ4n) is 4.33. The predicted molar refractivity (Wildman–Crippen MR) is 155 cm³/mol. The van der Waals surface area contributed by atoms with Crippen LogP contribution in [-0.2, 0) is 16.1 Å². The van der Waals surface area contributed by atoms with Crippen molar-refractivity contribution in [1.29, 1.82) is 0 Å². The van der Waals surface area contributed by atoms with Gasteiger partial charge in [0.1, 0.15) is 0 Å². The molecule has 2 aromatic carbocycles. The molecule has 208 valence electrons. The summed E-state index contributed by atoms with van der Waals surface area (Å²) in [7, 11) is 1.71. The van der Waals surface area contributed by atoms with Crippen LogP contribution in [0.4, 0.5) is 5.69 Å². The fraction of sp³-hybridized carbons (Fsp3) is 0.345. The van der Waals surface area contributed by atoms with Gasteiger partial charge in [0.2, 0.25) is 6.41 Å². The predicted octanol–water partition coefficient (Wildman–Crippen LogP) is 4.55. The van der Waals surface area contributed by atoms with Crippen molar-refractivity contribution in [3.8, 4) is 0 Å². The van der Waals surface area contributed by atoms with Crippen molar-refractivity contribution < 1.29 is 14.3 Å². The van der Waals surface area contributed by atoms with E-state index < -0.39 is 0 Å². The van der Waals surface area contributed by atoms with Crippen LogP contribution in [-0.4, -0.2) is 58.6 Å². The third-order valence-electron chi connectivity index (χ3n) is 6.40. The number of hydrazine groups is 1. The summed E-state index contributed by atoms with van der Waals surface area (Å²) in [5.74, 6) is 5.74. The van der Waals surface area contributed by atoms with Gasteiger partial charge in [-0.1, -0.05) is 36.7 Å². The first-order valence-corrected chi connectivity index (χ1v) is 13.3. The molecule has 0 saturated heterocycles. The molecule has 0 fully saturated rings. The van der Waals surface area contributed by atoms with Crippen molar-refractivity contribution in [2.75, 3.05) is 32.5 Å². The molecule has 3 aromatic rings. The van der Waals surface area contributed by atoms with Gasteiger partial charge in [-0.3, -0.25) is 14.6 Å². The van der Waals surface area contributed by atoms with E-state index in [1.54, 1.807) is 48.8 Å². The van der Waals surface area contributed by atoms with Crippen LogP contribution >= 0.6 is 11.6 Å². The first-order chi connectivity index (χ1) is 18.9. The lowest BCUT2D eigenvalue weighted by Gasteiger charge is -2.32. The number of aromatic nitrogens is 2. The van der Waals surface area contributed by atoms with E-state index in [0.717, 1.165) is 42.7 Å².